The third-order valence-corrected chi connectivity index (χ3v) is 10.4. The van der Waals surface area contributed by atoms with Gasteiger partial charge < -0.3 is 19.7 Å². The Kier molecular flexibility index (Phi) is 13.3. The molecule has 4 aromatic carbocycles. The number of hydrogen-bond donors (Lipinski definition) is 2. The van der Waals surface area contributed by atoms with Gasteiger partial charge in [0.2, 0.25) is 0 Å². The van der Waals surface area contributed by atoms with Gasteiger partial charge in [0.25, 0.3) is 0 Å². The summed E-state index contributed by atoms with van der Waals surface area (Å²) < 4.78 is 10.7. The van der Waals surface area contributed by atoms with Crippen LogP contribution in [0.25, 0.3) is 0 Å². The van der Waals surface area contributed by atoms with Gasteiger partial charge in [0, 0.05) is 23.7 Å². The quantitative estimate of drug-likeness (QED) is 0.0993. The molecule has 2 saturated carbocycles. The number of aliphatic carboxylic acids is 2. The zero-order chi connectivity index (χ0) is 37.9. The number of carbonyl (C=O) groups excluding carboxylic acids is 3. The van der Waals surface area contributed by atoms with Crippen LogP contribution in [0.3, 0.4) is 0 Å². The summed E-state index contributed by atoms with van der Waals surface area (Å²) in [7, 11) is 0. The molecule has 0 spiro atoms. The second-order valence-electron chi connectivity index (χ2n) is 13.7. The molecule has 0 aliphatic heterocycles. The Balaban J connectivity index is 0.000000204. The molecule has 2 aliphatic carbocycles. The van der Waals surface area contributed by atoms with Gasteiger partial charge in [0.15, 0.2) is 5.78 Å². The van der Waals surface area contributed by atoms with E-state index >= 15 is 0 Å². The number of carbonyl (C=O) groups is 5. The Morgan fingerprint density at radius 1 is 0.491 bits per heavy atom. The van der Waals surface area contributed by atoms with E-state index in [-0.39, 0.29) is 30.2 Å². The fraction of sp³-hybridized carbons (Fsp3) is 0.341. The highest BCUT2D eigenvalue weighted by atomic mass is 16.5. The molecule has 9 heteroatoms. The summed E-state index contributed by atoms with van der Waals surface area (Å²) in [5.41, 5.74) is 3.34. The lowest BCUT2D eigenvalue weighted by Crippen LogP contribution is -2.51. The highest BCUT2D eigenvalue weighted by Gasteiger charge is 2.60. The van der Waals surface area contributed by atoms with E-state index in [0.29, 0.717) is 6.61 Å². The van der Waals surface area contributed by atoms with E-state index in [9.17, 15) is 34.2 Å². The first-order valence-electron chi connectivity index (χ1n) is 18.1. The Hall–Kier alpha value is -5.57. The van der Waals surface area contributed by atoms with Crippen molar-refractivity contribution in [2.75, 3.05) is 13.2 Å². The number of Topliss-reactive ketones (excluding diaryl/α,β-unsaturated/α-hetero) is 1. The molecule has 2 fully saturated rings. The normalized spacial score (nSPS) is 24.2. The van der Waals surface area contributed by atoms with Gasteiger partial charge in [-0.25, -0.2) is 0 Å². The Bertz CT molecular complexity index is 1730. The van der Waals surface area contributed by atoms with Crippen molar-refractivity contribution in [1.29, 1.82) is 0 Å². The number of hydrogen-bond acceptors (Lipinski definition) is 7. The van der Waals surface area contributed by atoms with Crippen LogP contribution < -0.4 is 0 Å². The van der Waals surface area contributed by atoms with Crippen molar-refractivity contribution < 1.29 is 43.7 Å². The lowest BCUT2D eigenvalue weighted by molar-refractivity contribution is -0.166. The summed E-state index contributed by atoms with van der Waals surface area (Å²) in [6.07, 6.45) is 2.91. The molecule has 276 valence electrons. The van der Waals surface area contributed by atoms with E-state index in [1.54, 1.807) is 0 Å². The zero-order valence-electron chi connectivity index (χ0n) is 30.0. The zero-order valence-corrected chi connectivity index (χ0v) is 30.0. The smallest absolute Gasteiger partial charge is 0.310 e. The fourth-order valence-corrected chi connectivity index (χ4v) is 7.95. The van der Waals surface area contributed by atoms with Crippen molar-refractivity contribution in [1.82, 2.24) is 0 Å². The second-order valence-corrected chi connectivity index (χ2v) is 13.7. The summed E-state index contributed by atoms with van der Waals surface area (Å²) in [6, 6.07) is 37.2. The molecule has 0 heterocycles. The van der Waals surface area contributed by atoms with Crippen LogP contribution >= 0.6 is 0 Å². The van der Waals surface area contributed by atoms with E-state index in [2.05, 4.69) is 6.92 Å². The molecule has 2 N–H and O–H groups in total. The minimum atomic E-state index is -0.941. The van der Waals surface area contributed by atoms with E-state index in [1.165, 1.54) is 6.92 Å². The summed E-state index contributed by atoms with van der Waals surface area (Å²) in [5.74, 6) is -7.06. The van der Waals surface area contributed by atoms with Gasteiger partial charge in [-0.15, -0.1) is 0 Å². The van der Waals surface area contributed by atoms with Crippen molar-refractivity contribution in [2.24, 2.45) is 23.7 Å². The largest absolute Gasteiger partial charge is 0.481 e. The topological polar surface area (TPSA) is 144 Å². The Morgan fingerprint density at radius 2 is 0.811 bits per heavy atom. The fourth-order valence-electron chi connectivity index (χ4n) is 7.95. The van der Waals surface area contributed by atoms with Gasteiger partial charge in [0.05, 0.1) is 30.3 Å². The number of unbranched alkanes of at least 4 members (excludes halogenated alkanes) is 2. The molecule has 2 aliphatic rings. The minimum absolute atomic E-state index is 0.250. The molecule has 4 aromatic rings. The van der Waals surface area contributed by atoms with Crippen molar-refractivity contribution >= 4 is 29.7 Å². The molecule has 0 aromatic heterocycles. The molecule has 0 saturated heterocycles. The number of rotatable bonds is 14. The van der Waals surface area contributed by atoms with Gasteiger partial charge in [-0.05, 0) is 35.6 Å². The molecule has 4 atom stereocenters. The summed E-state index contributed by atoms with van der Waals surface area (Å²) in [6.45, 7) is 3.54. The minimum Gasteiger partial charge on any atom is -0.481 e. The van der Waals surface area contributed by atoms with Crippen molar-refractivity contribution in [2.45, 2.75) is 56.8 Å². The van der Waals surface area contributed by atoms with Crippen LogP contribution in [-0.4, -0.2) is 53.1 Å². The maximum absolute atomic E-state index is 12.9. The van der Waals surface area contributed by atoms with Crippen molar-refractivity contribution in [3.63, 3.8) is 0 Å². The van der Waals surface area contributed by atoms with Gasteiger partial charge in [-0.2, -0.15) is 0 Å². The molecular weight excluding hydrogens is 672 g/mol. The summed E-state index contributed by atoms with van der Waals surface area (Å²) in [4.78, 5) is 60.8. The molecule has 6 rings (SSSR count). The van der Waals surface area contributed by atoms with Gasteiger partial charge in [-0.3, -0.25) is 24.0 Å². The van der Waals surface area contributed by atoms with Gasteiger partial charge >= 0.3 is 23.9 Å². The highest BCUT2D eigenvalue weighted by molar-refractivity contribution is 5.87. The predicted octanol–water partition coefficient (Wildman–Crippen LogP) is 7.63. The van der Waals surface area contributed by atoms with Crippen LogP contribution in [0, 0.1) is 23.7 Å². The first-order chi connectivity index (χ1) is 25.6. The molecule has 0 unspecified atom stereocenters. The van der Waals surface area contributed by atoms with Gasteiger partial charge in [0.1, 0.15) is 6.61 Å². The molecule has 0 bridgehead atoms. The molecule has 0 radical (unpaired) electrons. The Labute approximate surface area is 310 Å². The SMILES string of the molecule is CC(=O)COC(=O)C1[C@H](c2ccccc2)C(C(=O)O)[C@H]1c1ccccc1.CCCCCOC(=O)C1[C@H](c2ccccc2)C(C(=O)O)[C@H]1c1ccccc1. The Morgan fingerprint density at radius 3 is 1.09 bits per heavy atom. The molecule has 9 nitrogen and oxygen atoms in total. The number of carboxylic acids is 2. The molecule has 53 heavy (non-hydrogen) atoms. The van der Waals surface area contributed by atoms with Crippen LogP contribution in [0.4, 0.5) is 0 Å². The number of ether oxygens (including phenoxy) is 2. The van der Waals surface area contributed by atoms with Crippen LogP contribution in [0.5, 0.6) is 0 Å². The molecular formula is C44H46O9. The maximum Gasteiger partial charge on any atom is 0.310 e. The van der Waals surface area contributed by atoms with Crippen LogP contribution in [0.1, 0.15) is 79.0 Å². The van der Waals surface area contributed by atoms with Crippen LogP contribution in [0.15, 0.2) is 121 Å². The highest BCUT2D eigenvalue weighted by Crippen LogP contribution is 2.59. The van der Waals surface area contributed by atoms with E-state index in [4.69, 9.17) is 9.47 Å². The third-order valence-electron chi connectivity index (χ3n) is 10.4. The number of benzene rings is 4. The van der Waals surface area contributed by atoms with Crippen LogP contribution in [-0.2, 0) is 33.4 Å². The van der Waals surface area contributed by atoms with Gasteiger partial charge in [-0.1, -0.05) is 141 Å². The lowest BCUT2D eigenvalue weighted by Gasteiger charge is -2.49. The summed E-state index contributed by atoms with van der Waals surface area (Å²) >= 11 is 0. The standard InChI is InChI=1S/C23H26O4.C21H20O5/c1-2-3-10-15-27-23(26)21-18(16-11-6-4-7-12-16)20(22(24)25)19(21)17-13-8-5-9-14-17;1-13(22)12-26-21(25)19-16(14-8-4-2-5-9-14)18(20(23)24)17(19)15-10-6-3-7-11-15/h4-9,11-14,18-21H,2-3,10,15H2,1H3,(H,24,25);2-11,16-19H,12H2,1H3,(H,23,24)/t18-,19-,20?,21?;16-,17-,18?,19?/m11/s1. The average molecular weight is 719 g/mol. The lowest BCUT2D eigenvalue weighted by atomic mass is 9.52. The second kappa shape index (κ2) is 18.3. The van der Waals surface area contributed by atoms with E-state index in [1.807, 2.05) is 121 Å². The number of ketones is 1. The number of carboxylic acid groups (broad SMARTS) is 2. The third kappa shape index (κ3) is 8.91. The first kappa shape index (κ1) is 38.7. The summed E-state index contributed by atoms with van der Waals surface area (Å²) in [5, 5.41) is 19.7. The van der Waals surface area contributed by atoms with Crippen molar-refractivity contribution in [3.8, 4) is 0 Å². The number of esters is 2. The van der Waals surface area contributed by atoms with Crippen molar-refractivity contribution in [3.05, 3.63) is 144 Å². The first-order valence-corrected chi connectivity index (χ1v) is 18.1. The van der Waals surface area contributed by atoms with E-state index < -0.39 is 53.4 Å². The monoisotopic (exact) mass is 718 g/mol. The maximum atomic E-state index is 12.9. The average Bonchev–Trinajstić information content (AvgIpc) is 3.13. The predicted molar refractivity (Wildman–Crippen MR) is 198 cm³/mol. The molecule has 0 amide bonds. The van der Waals surface area contributed by atoms with Crippen LogP contribution in [0.2, 0.25) is 0 Å². The van der Waals surface area contributed by atoms with E-state index in [0.717, 1.165) is 41.5 Å².